The van der Waals surface area contributed by atoms with Crippen molar-refractivity contribution >= 4 is 5.91 Å². The highest BCUT2D eigenvalue weighted by Crippen LogP contribution is 2.43. The Bertz CT molecular complexity index is 421. The molecule has 1 amide bonds. The Morgan fingerprint density at radius 2 is 2.13 bits per heavy atom. The molecule has 0 spiro atoms. The summed E-state index contributed by atoms with van der Waals surface area (Å²) in [5.74, 6) is 0.837. The summed E-state index contributed by atoms with van der Waals surface area (Å²) in [5, 5.41) is 2.98. The Hall–Kier alpha value is -1.31. The van der Waals surface area contributed by atoms with Gasteiger partial charge in [0, 0.05) is 11.6 Å². The van der Waals surface area contributed by atoms with E-state index in [1.807, 2.05) is 12.1 Å². The highest BCUT2D eigenvalue weighted by molar-refractivity contribution is 5.97. The average molecular weight is 201 g/mol. The highest BCUT2D eigenvalue weighted by Gasteiger charge is 2.30. The van der Waals surface area contributed by atoms with Crippen LogP contribution in [0.2, 0.25) is 0 Å². The van der Waals surface area contributed by atoms with Crippen LogP contribution in [0.3, 0.4) is 0 Å². The summed E-state index contributed by atoms with van der Waals surface area (Å²) in [6.07, 6.45) is 3.59. The monoisotopic (exact) mass is 201 g/mol. The van der Waals surface area contributed by atoms with Crippen LogP contribution in [-0.4, -0.2) is 11.9 Å². The predicted molar refractivity (Wildman–Crippen MR) is 59.0 cm³/mol. The Balaban J connectivity index is 2.11. The fourth-order valence-corrected chi connectivity index (χ4v) is 2.48. The maximum atomic E-state index is 11.8. The Kier molecular flexibility index (Phi) is 1.84. The molecule has 0 aromatic heterocycles. The lowest BCUT2D eigenvalue weighted by Crippen LogP contribution is -2.39. The van der Waals surface area contributed by atoms with Gasteiger partial charge >= 0.3 is 0 Å². The van der Waals surface area contributed by atoms with Crippen LogP contribution in [0, 0.1) is 0 Å². The van der Waals surface area contributed by atoms with Gasteiger partial charge in [0.25, 0.3) is 5.91 Å². The zero-order valence-electron chi connectivity index (χ0n) is 8.92. The Morgan fingerprint density at radius 1 is 1.33 bits per heavy atom. The summed E-state index contributed by atoms with van der Waals surface area (Å²) in [6, 6.07) is 6.44. The van der Waals surface area contributed by atoms with Crippen LogP contribution in [0.5, 0.6) is 0 Å². The van der Waals surface area contributed by atoms with Crippen molar-refractivity contribution in [2.24, 2.45) is 0 Å². The van der Waals surface area contributed by atoms with E-state index in [1.165, 1.54) is 24.0 Å². The third-order valence-corrected chi connectivity index (χ3v) is 3.36. The summed E-state index contributed by atoms with van der Waals surface area (Å²) in [4.78, 5) is 11.8. The molecule has 1 saturated carbocycles. The number of nitrogens with one attached hydrogen (secondary N) is 1. The summed E-state index contributed by atoms with van der Waals surface area (Å²) in [5.41, 5.74) is 3.63. The molecule has 78 valence electrons. The van der Waals surface area contributed by atoms with Crippen molar-refractivity contribution in [2.75, 3.05) is 0 Å². The van der Waals surface area contributed by atoms with Crippen LogP contribution < -0.4 is 5.32 Å². The second-order valence-corrected chi connectivity index (χ2v) is 4.73. The van der Waals surface area contributed by atoms with E-state index >= 15 is 0 Å². The number of hydrogen-bond acceptors (Lipinski definition) is 1. The maximum Gasteiger partial charge on any atom is 0.251 e. The first kappa shape index (κ1) is 8.96. The number of carbonyl (C=O) groups excluding carboxylic acids is 1. The standard InChI is InChI=1S/C13H15NO/c1-8-7-12-10(9-5-6-9)3-2-4-11(12)13(15)14-8/h2-4,8-9H,5-7H2,1H3,(H,14,15). The molecule has 1 aliphatic carbocycles. The van der Waals surface area contributed by atoms with E-state index < -0.39 is 0 Å². The fraction of sp³-hybridized carbons (Fsp3) is 0.462. The molecule has 3 rings (SSSR count). The van der Waals surface area contributed by atoms with Gasteiger partial charge in [-0.25, -0.2) is 0 Å². The molecule has 1 heterocycles. The van der Waals surface area contributed by atoms with Crippen molar-refractivity contribution in [1.82, 2.24) is 5.32 Å². The van der Waals surface area contributed by atoms with E-state index in [9.17, 15) is 4.79 Å². The molecular formula is C13H15NO. The van der Waals surface area contributed by atoms with Crippen LogP contribution in [0.15, 0.2) is 18.2 Å². The van der Waals surface area contributed by atoms with E-state index in [0.717, 1.165) is 17.9 Å². The molecule has 1 aliphatic heterocycles. The Morgan fingerprint density at radius 3 is 2.87 bits per heavy atom. The third kappa shape index (κ3) is 1.44. The van der Waals surface area contributed by atoms with Crippen molar-refractivity contribution in [3.8, 4) is 0 Å². The van der Waals surface area contributed by atoms with E-state index in [1.54, 1.807) is 0 Å². The lowest BCUT2D eigenvalue weighted by atomic mass is 9.90. The topological polar surface area (TPSA) is 29.1 Å². The molecule has 1 atom stereocenters. The van der Waals surface area contributed by atoms with Crippen molar-refractivity contribution < 1.29 is 4.79 Å². The molecule has 0 saturated heterocycles. The summed E-state index contributed by atoms with van der Waals surface area (Å²) < 4.78 is 0. The predicted octanol–water partition coefficient (Wildman–Crippen LogP) is 2.24. The smallest absolute Gasteiger partial charge is 0.251 e. The molecule has 1 fully saturated rings. The van der Waals surface area contributed by atoms with Gasteiger partial charge in [-0.15, -0.1) is 0 Å². The van der Waals surface area contributed by atoms with Gasteiger partial charge in [-0.2, -0.15) is 0 Å². The van der Waals surface area contributed by atoms with E-state index in [0.29, 0.717) is 0 Å². The molecule has 0 bridgehead atoms. The summed E-state index contributed by atoms with van der Waals surface area (Å²) in [6.45, 7) is 2.07. The lowest BCUT2D eigenvalue weighted by Gasteiger charge is -2.24. The number of fused-ring (bicyclic) bond motifs is 1. The zero-order chi connectivity index (χ0) is 10.4. The SMILES string of the molecule is CC1Cc2c(cccc2C2CC2)C(=O)N1. The van der Waals surface area contributed by atoms with Crippen LogP contribution >= 0.6 is 0 Å². The first-order chi connectivity index (χ1) is 7.25. The molecule has 0 radical (unpaired) electrons. The molecule has 1 N–H and O–H groups in total. The van der Waals surface area contributed by atoms with E-state index in [4.69, 9.17) is 0 Å². The summed E-state index contributed by atoms with van der Waals surface area (Å²) in [7, 11) is 0. The fourth-order valence-electron chi connectivity index (χ4n) is 2.48. The first-order valence-electron chi connectivity index (χ1n) is 5.68. The molecule has 1 aromatic rings. The van der Waals surface area contributed by atoms with Crippen molar-refractivity contribution in [1.29, 1.82) is 0 Å². The van der Waals surface area contributed by atoms with Gasteiger partial charge in [0.1, 0.15) is 0 Å². The lowest BCUT2D eigenvalue weighted by molar-refractivity contribution is 0.0929. The first-order valence-corrected chi connectivity index (χ1v) is 5.68. The Labute approximate surface area is 89.7 Å². The molecule has 2 aliphatic rings. The number of hydrogen-bond donors (Lipinski definition) is 1. The van der Waals surface area contributed by atoms with Crippen LogP contribution in [0.1, 0.15) is 47.2 Å². The third-order valence-electron chi connectivity index (χ3n) is 3.36. The maximum absolute atomic E-state index is 11.8. The van der Waals surface area contributed by atoms with Gasteiger partial charge < -0.3 is 5.32 Å². The largest absolute Gasteiger partial charge is 0.349 e. The van der Waals surface area contributed by atoms with Gasteiger partial charge in [-0.3, -0.25) is 4.79 Å². The van der Waals surface area contributed by atoms with Crippen molar-refractivity contribution in [3.05, 3.63) is 34.9 Å². The number of benzene rings is 1. The molecular weight excluding hydrogens is 186 g/mol. The minimum Gasteiger partial charge on any atom is -0.349 e. The summed E-state index contributed by atoms with van der Waals surface area (Å²) >= 11 is 0. The normalized spacial score (nSPS) is 24.6. The molecule has 1 unspecified atom stereocenters. The molecule has 1 aromatic carbocycles. The quantitative estimate of drug-likeness (QED) is 0.741. The average Bonchev–Trinajstić information content (AvgIpc) is 3.00. The van der Waals surface area contributed by atoms with E-state index in [-0.39, 0.29) is 11.9 Å². The number of rotatable bonds is 1. The number of carbonyl (C=O) groups is 1. The minimum atomic E-state index is 0.103. The molecule has 2 heteroatoms. The molecule has 2 nitrogen and oxygen atoms in total. The van der Waals surface area contributed by atoms with Crippen molar-refractivity contribution in [3.63, 3.8) is 0 Å². The van der Waals surface area contributed by atoms with Gasteiger partial charge in [-0.1, -0.05) is 12.1 Å². The van der Waals surface area contributed by atoms with Gasteiger partial charge in [0.05, 0.1) is 0 Å². The van der Waals surface area contributed by atoms with Crippen LogP contribution in [0.4, 0.5) is 0 Å². The minimum absolute atomic E-state index is 0.103. The molecule has 15 heavy (non-hydrogen) atoms. The van der Waals surface area contributed by atoms with Gasteiger partial charge in [-0.05, 0) is 49.3 Å². The van der Waals surface area contributed by atoms with Crippen molar-refractivity contribution in [2.45, 2.75) is 38.1 Å². The zero-order valence-corrected chi connectivity index (χ0v) is 8.92. The van der Waals surface area contributed by atoms with Crippen LogP contribution in [0.25, 0.3) is 0 Å². The van der Waals surface area contributed by atoms with E-state index in [2.05, 4.69) is 18.3 Å². The number of amides is 1. The van der Waals surface area contributed by atoms with Gasteiger partial charge in [0.15, 0.2) is 0 Å². The second-order valence-electron chi connectivity index (χ2n) is 4.73. The highest BCUT2D eigenvalue weighted by atomic mass is 16.1. The van der Waals surface area contributed by atoms with Gasteiger partial charge in [0.2, 0.25) is 0 Å². The van der Waals surface area contributed by atoms with Crippen LogP contribution in [-0.2, 0) is 6.42 Å². The second kappa shape index (κ2) is 3.09.